The molecule has 0 saturated heterocycles. The first kappa shape index (κ1) is 12.7. The molecule has 0 aliphatic rings. The van der Waals surface area contributed by atoms with Crippen molar-refractivity contribution in [3.05, 3.63) is 47.1 Å². The van der Waals surface area contributed by atoms with Crippen LogP contribution in [-0.4, -0.2) is 17.1 Å². The Hall–Kier alpha value is -1.72. The summed E-state index contributed by atoms with van der Waals surface area (Å²) in [5.41, 5.74) is 0. The van der Waals surface area contributed by atoms with Crippen molar-refractivity contribution in [1.29, 1.82) is 0 Å². The van der Waals surface area contributed by atoms with Gasteiger partial charge < -0.3 is 9.47 Å². The highest BCUT2D eigenvalue weighted by molar-refractivity contribution is 6.29. The molecule has 18 heavy (non-hydrogen) atoms. The lowest BCUT2D eigenvalue weighted by atomic mass is 10.3. The van der Waals surface area contributed by atoms with E-state index in [1.165, 1.54) is 37.4 Å². The number of rotatable bonds is 4. The standard InChI is InChI=1S/C12H10ClFN2O2/c1-17-7-11-15-10(13)6-12(16-11)18-9-4-2-8(14)3-5-9/h2-6H,7H2,1H3. The number of benzene rings is 1. The van der Waals surface area contributed by atoms with E-state index in [0.29, 0.717) is 11.6 Å². The van der Waals surface area contributed by atoms with Gasteiger partial charge in [-0.25, -0.2) is 9.37 Å². The maximum atomic E-state index is 12.7. The summed E-state index contributed by atoms with van der Waals surface area (Å²) in [5.74, 6) is 0.841. The zero-order chi connectivity index (χ0) is 13.0. The molecule has 6 heteroatoms. The Morgan fingerprint density at radius 2 is 1.94 bits per heavy atom. The molecule has 4 nitrogen and oxygen atoms in total. The average molecular weight is 269 g/mol. The lowest BCUT2D eigenvalue weighted by Gasteiger charge is -2.06. The first-order valence-electron chi connectivity index (χ1n) is 5.13. The van der Waals surface area contributed by atoms with Crippen LogP contribution < -0.4 is 4.74 Å². The van der Waals surface area contributed by atoms with Gasteiger partial charge in [0.2, 0.25) is 5.88 Å². The van der Waals surface area contributed by atoms with E-state index >= 15 is 0 Å². The lowest BCUT2D eigenvalue weighted by Crippen LogP contribution is -1.99. The highest BCUT2D eigenvalue weighted by Crippen LogP contribution is 2.22. The van der Waals surface area contributed by atoms with E-state index < -0.39 is 0 Å². The van der Waals surface area contributed by atoms with Crippen LogP contribution in [0.5, 0.6) is 11.6 Å². The monoisotopic (exact) mass is 268 g/mol. The number of aromatic nitrogens is 2. The van der Waals surface area contributed by atoms with Crippen molar-refractivity contribution < 1.29 is 13.9 Å². The molecule has 0 amide bonds. The van der Waals surface area contributed by atoms with E-state index in [1.54, 1.807) is 0 Å². The molecule has 0 radical (unpaired) electrons. The van der Waals surface area contributed by atoms with E-state index in [9.17, 15) is 4.39 Å². The molecular weight excluding hydrogens is 259 g/mol. The summed E-state index contributed by atoms with van der Waals surface area (Å²) in [6, 6.07) is 7.08. The van der Waals surface area contributed by atoms with Gasteiger partial charge in [0.25, 0.3) is 0 Å². The van der Waals surface area contributed by atoms with Crippen molar-refractivity contribution in [2.24, 2.45) is 0 Å². The van der Waals surface area contributed by atoms with Crippen LogP contribution in [-0.2, 0) is 11.3 Å². The van der Waals surface area contributed by atoms with Gasteiger partial charge in [0, 0.05) is 13.2 Å². The molecule has 1 heterocycles. The Morgan fingerprint density at radius 3 is 2.61 bits per heavy atom. The fourth-order valence-corrected chi connectivity index (χ4v) is 1.50. The van der Waals surface area contributed by atoms with Crippen LogP contribution in [0, 0.1) is 5.82 Å². The number of hydrogen-bond acceptors (Lipinski definition) is 4. The Balaban J connectivity index is 2.20. The molecule has 0 bridgehead atoms. The minimum atomic E-state index is -0.330. The molecule has 0 fully saturated rings. The van der Waals surface area contributed by atoms with Gasteiger partial charge in [-0.1, -0.05) is 11.6 Å². The highest BCUT2D eigenvalue weighted by atomic mass is 35.5. The number of methoxy groups -OCH3 is 1. The molecule has 94 valence electrons. The molecule has 0 aliphatic carbocycles. The van der Waals surface area contributed by atoms with Crippen LogP contribution in [0.25, 0.3) is 0 Å². The minimum Gasteiger partial charge on any atom is -0.439 e. The predicted molar refractivity (Wildman–Crippen MR) is 64.2 cm³/mol. The van der Waals surface area contributed by atoms with Gasteiger partial charge in [-0.3, -0.25) is 0 Å². The summed E-state index contributed by atoms with van der Waals surface area (Å²) < 4.78 is 23.1. The summed E-state index contributed by atoms with van der Waals surface area (Å²) in [7, 11) is 1.53. The first-order chi connectivity index (χ1) is 8.67. The fraction of sp³-hybridized carbons (Fsp3) is 0.167. The van der Waals surface area contributed by atoms with Crippen LogP contribution in [0.1, 0.15) is 5.82 Å². The van der Waals surface area contributed by atoms with Crippen molar-refractivity contribution >= 4 is 11.6 Å². The predicted octanol–water partition coefficient (Wildman–Crippen LogP) is 3.21. The third kappa shape index (κ3) is 3.38. The summed E-state index contributed by atoms with van der Waals surface area (Å²) in [5, 5.41) is 0.258. The van der Waals surface area contributed by atoms with Gasteiger partial charge >= 0.3 is 0 Å². The van der Waals surface area contributed by atoms with Crippen LogP contribution in [0.15, 0.2) is 30.3 Å². The Bertz CT molecular complexity index is 534. The molecule has 0 aliphatic heterocycles. The van der Waals surface area contributed by atoms with E-state index in [4.69, 9.17) is 21.1 Å². The van der Waals surface area contributed by atoms with Gasteiger partial charge in [-0.2, -0.15) is 4.98 Å². The Morgan fingerprint density at radius 1 is 1.22 bits per heavy atom. The fourth-order valence-electron chi connectivity index (χ4n) is 1.31. The number of halogens is 2. The van der Waals surface area contributed by atoms with Crippen molar-refractivity contribution in [2.45, 2.75) is 6.61 Å². The second-order valence-electron chi connectivity index (χ2n) is 3.43. The molecular formula is C12H10ClFN2O2. The van der Waals surface area contributed by atoms with Crippen molar-refractivity contribution in [2.75, 3.05) is 7.11 Å². The molecule has 0 unspecified atom stereocenters. The Labute approximate surface area is 108 Å². The van der Waals surface area contributed by atoms with E-state index in [-0.39, 0.29) is 23.5 Å². The van der Waals surface area contributed by atoms with Crippen LogP contribution in [0.3, 0.4) is 0 Å². The normalized spacial score (nSPS) is 10.4. The second-order valence-corrected chi connectivity index (χ2v) is 3.82. The molecule has 0 spiro atoms. The van der Waals surface area contributed by atoms with Gasteiger partial charge in [-0.15, -0.1) is 0 Å². The van der Waals surface area contributed by atoms with Crippen LogP contribution >= 0.6 is 11.6 Å². The van der Waals surface area contributed by atoms with E-state index in [0.717, 1.165) is 0 Å². The molecule has 0 saturated carbocycles. The zero-order valence-corrected chi connectivity index (χ0v) is 10.3. The summed E-state index contributed by atoms with van der Waals surface area (Å²) >= 11 is 5.83. The van der Waals surface area contributed by atoms with E-state index in [1.807, 2.05) is 0 Å². The maximum absolute atomic E-state index is 12.7. The van der Waals surface area contributed by atoms with Crippen LogP contribution in [0.4, 0.5) is 4.39 Å². The lowest BCUT2D eigenvalue weighted by molar-refractivity contribution is 0.177. The van der Waals surface area contributed by atoms with E-state index in [2.05, 4.69) is 9.97 Å². The van der Waals surface area contributed by atoms with Gasteiger partial charge in [0.05, 0.1) is 0 Å². The molecule has 1 aromatic carbocycles. The van der Waals surface area contributed by atoms with Crippen LogP contribution in [0.2, 0.25) is 5.15 Å². The van der Waals surface area contributed by atoms with Gasteiger partial charge in [0.15, 0.2) is 5.82 Å². The zero-order valence-electron chi connectivity index (χ0n) is 9.56. The second kappa shape index (κ2) is 5.75. The minimum absolute atomic E-state index is 0.236. The van der Waals surface area contributed by atoms with Crippen molar-refractivity contribution in [1.82, 2.24) is 9.97 Å². The number of hydrogen-bond donors (Lipinski definition) is 0. The average Bonchev–Trinajstić information content (AvgIpc) is 2.32. The molecule has 2 aromatic rings. The Kier molecular flexibility index (Phi) is 4.07. The third-order valence-electron chi connectivity index (χ3n) is 2.03. The summed E-state index contributed by atoms with van der Waals surface area (Å²) in [6.07, 6.45) is 0. The number of nitrogens with zero attached hydrogens (tertiary/aromatic N) is 2. The first-order valence-corrected chi connectivity index (χ1v) is 5.51. The quantitative estimate of drug-likeness (QED) is 0.799. The maximum Gasteiger partial charge on any atom is 0.224 e. The molecule has 2 rings (SSSR count). The van der Waals surface area contributed by atoms with Gasteiger partial charge in [0.1, 0.15) is 23.3 Å². The van der Waals surface area contributed by atoms with Crippen molar-refractivity contribution in [3.8, 4) is 11.6 Å². The third-order valence-corrected chi connectivity index (χ3v) is 2.22. The topological polar surface area (TPSA) is 44.2 Å². The SMILES string of the molecule is COCc1nc(Cl)cc(Oc2ccc(F)cc2)n1. The smallest absolute Gasteiger partial charge is 0.224 e. The largest absolute Gasteiger partial charge is 0.439 e. The summed E-state index contributed by atoms with van der Waals surface area (Å²) in [6.45, 7) is 0.236. The molecule has 0 atom stereocenters. The highest BCUT2D eigenvalue weighted by Gasteiger charge is 2.05. The molecule has 1 aromatic heterocycles. The number of ether oxygens (including phenoxy) is 2. The van der Waals surface area contributed by atoms with Crippen molar-refractivity contribution in [3.63, 3.8) is 0 Å². The van der Waals surface area contributed by atoms with Gasteiger partial charge in [-0.05, 0) is 24.3 Å². The summed E-state index contributed by atoms with van der Waals surface area (Å²) in [4.78, 5) is 8.07. The molecule has 0 N–H and O–H groups in total.